The summed E-state index contributed by atoms with van der Waals surface area (Å²) in [5, 5.41) is 7.26. The van der Waals surface area contributed by atoms with Gasteiger partial charge in [0.05, 0.1) is 11.6 Å². The van der Waals surface area contributed by atoms with Crippen LogP contribution in [0.1, 0.15) is 11.9 Å². The van der Waals surface area contributed by atoms with Gasteiger partial charge in [0, 0.05) is 19.6 Å². The van der Waals surface area contributed by atoms with Crippen LogP contribution in [-0.2, 0) is 0 Å². The van der Waals surface area contributed by atoms with E-state index < -0.39 is 0 Å². The number of nitrogens with one attached hydrogen (secondary N) is 1. The topological polar surface area (TPSA) is 54.2 Å². The predicted octanol–water partition coefficient (Wildman–Crippen LogP) is 1.87. The molecule has 1 unspecified atom stereocenters. The molecule has 0 bridgehead atoms. The van der Waals surface area contributed by atoms with E-state index in [1.54, 1.807) is 18.2 Å². The number of likely N-dealkylation sites (N-methyl/N-ethyl adjacent to an activating group) is 1. The molecular formula is C13H16ClFN4O. The molecule has 2 heterocycles. The number of halogens is 2. The SMILES string of the molecule is CN1CCNCC1c1noc(-c2ccccc2F)n1.Cl. The van der Waals surface area contributed by atoms with Crippen molar-refractivity contribution in [1.29, 1.82) is 0 Å². The fourth-order valence-corrected chi connectivity index (χ4v) is 2.21. The molecule has 1 N–H and O–H groups in total. The first-order valence-electron chi connectivity index (χ1n) is 6.25. The van der Waals surface area contributed by atoms with E-state index in [4.69, 9.17) is 4.52 Å². The lowest BCUT2D eigenvalue weighted by atomic mass is 10.2. The normalized spacial score (nSPS) is 19.6. The maximum atomic E-state index is 13.7. The highest BCUT2D eigenvalue weighted by atomic mass is 35.5. The zero-order valence-electron chi connectivity index (χ0n) is 11.0. The van der Waals surface area contributed by atoms with E-state index in [0.717, 1.165) is 19.6 Å². The van der Waals surface area contributed by atoms with Crippen molar-refractivity contribution in [2.45, 2.75) is 6.04 Å². The van der Waals surface area contributed by atoms with Crippen molar-refractivity contribution in [1.82, 2.24) is 20.4 Å². The van der Waals surface area contributed by atoms with Crippen molar-refractivity contribution in [3.8, 4) is 11.5 Å². The van der Waals surface area contributed by atoms with Gasteiger partial charge in [-0.2, -0.15) is 4.98 Å². The Bertz CT molecular complexity index is 577. The Hall–Kier alpha value is -1.50. The van der Waals surface area contributed by atoms with Crippen LogP contribution in [0, 0.1) is 5.82 Å². The van der Waals surface area contributed by atoms with Gasteiger partial charge in [-0.05, 0) is 19.2 Å². The molecule has 1 aliphatic heterocycles. The van der Waals surface area contributed by atoms with Crippen molar-refractivity contribution in [2.75, 3.05) is 26.7 Å². The van der Waals surface area contributed by atoms with Gasteiger partial charge in [-0.15, -0.1) is 12.4 Å². The van der Waals surface area contributed by atoms with Crippen LogP contribution in [0.5, 0.6) is 0 Å². The number of nitrogens with zero attached hydrogens (tertiary/aromatic N) is 3. The Morgan fingerprint density at radius 2 is 2.20 bits per heavy atom. The van der Waals surface area contributed by atoms with Gasteiger partial charge in [0.2, 0.25) is 0 Å². The third kappa shape index (κ3) is 2.82. The van der Waals surface area contributed by atoms with E-state index in [9.17, 15) is 4.39 Å². The predicted molar refractivity (Wildman–Crippen MR) is 75.2 cm³/mol. The van der Waals surface area contributed by atoms with Crippen molar-refractivity contribution < 1.29 is 8.91 Å². The number of hydrogen-bond donors (Lipinski definition) is 1. The first kappa shape index (κ1) is 14.9. The summed E-state index contributed by atoms with van der Waals surface area (Å²) in [7, 11) is 2.02. The Morgan fingerprint density at radius 3 is 2.95 bits per heavy atom. The van der Waals surface area contributed by atoms with Crippen molar-refractivity contribution in [2.24, 2.45) is 0 Å². The molecule has 1 atom stereocenters. The molecule has 2 aromatic rings. The van der Waals surface area contributed by atoms with E-state index in [1.165, 1.54) is 6.07 Å². The van der Waals surface area contributed by atoms with Crippen LogP contribution in [0.3, 0.4) is 0 Å². The lowest BCUT2D eigenvalue weighted by Gasteiger charge is -2.30. The maximum absolute atomic E-state index is 13.7. The molecule has 1 saturated heterocycles. The summed E-state index contributed by atoms with van der Waals surface area (Å²) in [6.07, 6.45) is 0. The quantitative estimate of drug-likeness (QED) is 0.917. The summed E-state index contributed by atoms with van der Waals surface area (Å²) in [6, 6.07) is 6.46. The zero-order chi connectivity index (χ0) is 13.2. The fourth-order valence-electron chi connectivity index (χ4n) is 2.21. The lowest BCUT2D eigenvalue weighted by Crippen LogP contribution is -2.44. The van der Waals surface area contributed by atoms with Crippen LogP contribution in [0.15, 0.2) is 28.8 Å². The first-order chi connectivity index (χ1) is 9.25. The number of rotatable bonds is 2. The van der Waals surface area contributed by atoms with E-state index in [1.807, 2.05) is 7.05 Å². The molecule has 1 aromatic heterocycles. The standard InChI is InChI=1S/C13H15FN4O.ClH/c1-18-7-6-15-8-11(18)12-16-13(19-17-12)9-4-2-3-5-10(9)14;/h2-5,11,15H,6-8H2,1H3;1H. The Balaban J connectivity index is 0.00000147. The average Bonchev–Trinajstić information content (AvgIpc) is 2.89. The van der Waals surface area contributed by atoms with Gasteiger partial charge in [-0.1, -0.05) is 17.3 Å². The molecule has 108 valence electrons. The van der Waals surface area contributed by atoms with E-state index in [-0.39, 0.29) is 30.2 Å². The summed E-state index contributed by atoms with van der Waals surface area (Å²) >= 11 is 0. The van der Waals surface area contributed by atoms with E-state index in [2.05, 4.69) is 20.4 Å². The van der Waals surface area contributed by atoms with Crippen LogP contribution < -0.4 is 5.32 Å². The number of aromatic nitrogens is 2. The van der Waals surface area contributed by atoms with Gasteiger partial charge in [0.25, 0.3) is 5.89 Å². The first-order valence-corrected chi connectivity index (χ1v) is 6.25. The Labute approximate surface area is 122 Å². The molecule has 0 saturated carbocycles. The summed E-state index contributed by atoms with van der Waals surface area (Å²) in [5.41, 5.74) is 0.340. The number of benzene rings is 1. The molecule has 1 aliphatic rings. The summed E-state index contributed by atoms with van der Waals surface area (Å²) in [5.74, 6) is 0.466. The number of piperazine rings is 1. The fraction of sp³-hybridized carbons (Fsp3) is 0.385. The highest BCUT2D eigenvalue weighted by Gasteiger charge is 2.25. The largest absolute Gasteiger partial charge is 0.334 e. The lowest BCUT2D eigenvalue weighted by molar-refractivity contribution is 0.190. The highest BCUT2D eigenvalue weighted by Crippen LogP contribution is 2.24. The van der Waals surface area contributed by atoms with Gasteiger partial charge in [-0.25, -0.2) is 4.39 Å². The van der Waals surface area contributed by atoms with Crippen LogP contribution >= 0.6 is 12.4 Å². The molecule has 20 heavy (non-hydrogen) atoms. The molecule has 0 amide bonds. The minimum atomic E-state index is -0.354. The van der Waals surface area contributed by atoms with Crippen molar-refractivity contribution >= 4 is 12.4 Å². The van der Waals surface area contributed by atoms with E-state index in [0.29, 0.717) is 11.4 Å². The molecule has 7 heteroatoms. The number of hydrogen-bond acceptors (Lipinski definition) is 5. The Kier molecular flexibility index (Phi) is 4.69. The van der Waals surface area contributed by atoms with E-state index >= 15 is 0 Å². The average molecular weight is 299 g/mol. The summed E-state index contributed by atoms with van der Waals surface area (Å²) < 4.78 is 18.8. The van der Waals surface area contributed by atoms with Crippen molar-refractivity contribution in [3.63, 3.8) is 0 Å². The molecule has 0 aliphatic carbocycles. The monoisotopic (exact) mass is 298 g/mol. The molecular weight excluding hydrogens is 283 g/mol. The third-order valence-corrected chi connectivity index (χ3v) is 3.36. The minimum Gasteiger partial charge on any atom is -0.334 e. The molecule has 0 radical (unpaired) electrons. The van der Waals surface area contributed by atoms with Crippen LogP contribution in [-0.4, -0.2) is 41.7 Å². The van der Waals surface area contributed by atoms with Crippen molar-refractivity contribution in [3.05, 3.63) is 35.9 Å². The third-order valence-electron chi connectivity index (χ3n) is 3.36. The van der Waals surface area contributed by atoms with Gasteiger partial charge in [0.15, 0.2) is 5.82 Å². The second-order valence-electron chi connectivity index (χ2n) is 4.64. The molecule has 3 rings (SSSR count). The smallest absolute Gasteiger partial charge is 0.260 e. The van der Waals surface area contributed by atoms with Gasteiger partial charge in [0.1, 0.15) is 5.82 Å². The summed E-state index contributed by atoms with van der Waals surface area (Å²) in [4.78, 5) is 6.48. The van der Waals surface area contributed by atoms with Crippen LogP contribution in [0.25, 0.3) is 11.5 Å². The molecule has 5 nitrogen and oxygen atoms in total. The highest BCUT2D eigenvalue weighted by molar-refractivity contribution is 5.85. The zero-order valence-corrected chi connectivity index (χ0v) is 11.9. The summed E-state index contributed by atoms with van der Waals surface area (Å²) in [6.45, 7) is 2.64. The van der Waals surface area contributed by atoms with Gasteiger partial charge >= 0.3 is 0 Å². The van der Waals surface area contributed by atoms with Crippen LogP contribution in [0.2, 0.25) is 0 Å². The molecule has 1 aromatic carbocycles. The second-order valence-corrected chi connectivity index (χ2v) is 4.64. The van der Waals surface area contributed by atoms with Crippen LogP contribution in [0.4, 0.5) is 4.39 Å². The van der Waals surface area contributed by atoms with Gasteiger partial charge in [-0.3, -0.25) is 4.90 Å². The minimum absolute atomic E-state index is 0. The second kappa shape index (κ2) is 6.30. The maximum Gasteiger partial charge on any atom is 0.260 e. The molecule has 1 fully saturated rings. The Morgan fingerprint density at radius 1 is 1.40 bits per heavy atom. The molecule has 0 spiro atoms. The van der Waals surface area contributed by atoms with Gasteiger partial charge < -0.3 is 9.84 Å².